The molecule has 1 rings (SSSR count). The second kappa shape index (κ2) is 4.93. The Morgan fingerprint density at radius 1 is 1.50 bits per heavy atom. The van der Waals surface area contributed by atoms with E-state index in [0.717, 1.165) is 15.6 Å². The van der Waals surface area contributed by atoms with Crippen molar-refractivity contribution < 1.29 is 4.79 Å². The molecule has 0 spiro atoms. The highest BCUT2D eigenvalue weighted by Gasteiger charge is 2.25. The number of carbonyl (C=O) groups is 1. The Kier molecular flexibility index (Phi) is 4.04. The van der Waals surface area contributed by atoms with E-state index in [1.165, 1.54) is 0 Å². The van der Waals surface area contributed by atoms with Gasteiger partial charge in [-0.25, -0.2) is 4.98 Å². The highest BCUT2D eigenvalue weighted by atomic mass is 32.1. The number of carbonyl (C=O) groups excluding carboxylic acids is 1. The normalized spacial score (nSPS) is 11.6. The molecule has 1 aromatic heterocycles. The van der Waals surface area contributed by atoms with E-state index in [2.05, 4.69) is 10.3 Å². The van der Waals surface area contributed by atoms with E-state index in [1.807, 2.05) is 27.7 Å². The first-order chi connectivity index (χ1) is 7.36. The van der Waals surface area contributed by atoms with Crippen LogP contribution in [0.2, 0.25) is 0 Å². The standard InChI is InChI=1S/C11H19N3OS/c1-7-9(16-8(2)14-7)5-13-10(15)11(3,4)6-12/h5-6,12H2,1-4H3,(H,13,15). The van der Waals surface area contributed by atoms with Gasteiger partial charge in [0.25, 0.3) is 0 Å². The molecule has 0 unspecified atom stereocenters. The van der Waals surface area contributed by atoms with Gasteiger partial charge in [0.05, 0.1) is 22.7 Å². The molecule has 3 N–H and O–H groups in total. The maximum atomic E-state index is 11.8. The molecule has 0 aliphatic rings. The second-order valence-electron chi connectivity index (χ2n) is 4.51. The van der Waals surface area contributed by atoms with Crippen molar-refractivity contribution in [2.24, 2.45) is 11.1 Å². The summed E-state index contributed by atoms with van der Waals surface area (Å²) in [5.41, 5.74) is 6.03. The monoisotopic (exact) mass is 241 g/mol. The Labute approximate surface area is 100 Å². The molecule has 0 fully saturated rings. The third kappa shape index (κ3) is 3.02. The Morgan fingerprint density at radius 3 is 2.56 bits per heavy atom. The first-order valence-corrected chi connectivity index (χ1v) is 6.09. The fraction of sp³-hybridized carbons (Fsp3) is 0.636. The van der Waals surface area contributed by atoms with Crippen LogP contribution < -0.4 is 11.1 Å². The molecule has 5 heteroatoms. The van der Waals surface area contributed by atoms with Crippen molar-refractivity contribution in [1.29, 1.82) is 0 Å². The van der Waals surface area contributed by atoms with Crippen molar-refractivity contribution in [3.05, 3.63) is 15.6 Å². The summed E-state index contributed by atoms with van der Waals surface area (Å²) in [6.07, 6.45) is 0. The van der Waals surface area contributed by atoms with Crippen LogP contribution in [-0.4, -0.2) is 17.4 Å². The quantitative estimate of drug-likeness (QED) is 0.836. The van der Waals surface area contributed by atoms with Crippen LogP contribution in [-0.2, 0) is 11.3 Å². The zero-order valence-electron chi connectivity index (χ0n) is 10.3. The lowest BCUT2D eigenvalue weighted by molar-refractivity contribution is -0.129. The molecular formula is C11H19N3OS. The van der Waals surface area contributed by atoms with E-state index < -0.39 is 5.41 Å². The lowest BCUT2D eigenvalue weighted by Gasteiger charge is -2.20. The molecule has 0 atom stereocenters. The number of nitrogens with two attached hydrogens (primary N) is 1. The lowest BCUT2D eigenvalue weighted by atomic mass is 9.93. The van der Waals surface area contributed by atoms with Crippen molar-refractivity contribution in [3.8, 4) is 0 Å². The third-order valence-corrected chi connectivity index (χ3v) is 3.61. The zero-order valence-corrected chi connectivity index (χ0v) is 11.1. The molecule has 1 heterocycles. The Morgan fingerprint density at radius 2 is 2.12 bits per heavy atom. The fourth-order valence-electron chi connectivity index (χ4n) is 1.23. The highest BCUT2D eigenvalue weighted by Crippen LogP contribution is 2.18. The number of nitrogens with one attached hydrogen (secondary N) is 1. The van der Waals surface area contributed by atoms with Gasteiger partial charge in [0, 0.05) is 11.4 Å². The van der Waals surface area contributed by atoms with Gasteiger partial charge in [0.2, 0.25) is 5.91 Å². The van der Waals surface area contributed by atoms with E-state index >= 15 is 0 Å². The Bertz CT molecular complexity index is 385. The third-order valence-electron chi connectivity index (χ3n) is 2.53. The van der Waals surface area contributed by atoms with Crippen molar-refractivity contribution in [2.75, 3.05) is 6.54 Å². The largest absolute Gasteiger partial charge is 0.351 e. The number of hydrogen-bond acceptors (Lipinski definition) is 4. The van der Waals surface area contributed by atoms with Crippen molar-refractivity contribution in [2.45, 2.75) is 34.2 Å². The smallest absolute Gasteiger partial charge is 0.227 e. The van der Waals surface area contributed by atoms with Gasteiger partial charge in [-0.15, -0.1) is 11.3 Å². The molecule has 0 radical (unpaired) electrons. The Balaban J connectivity index is 2.59. The summed E-state index contributed by atoms with van der Waals surface area (Å²) in [4.78, 5) is 17.2. The molecule has 1 amide bonds. The second-order valence-corrected chi connectivity index (χ2v) is 5.80. The van der Waals surface area contributed by atoms with Gasteiger partial charge < -0.3 is 11.1 Å². The number of aromatic nitrogens is 1. The van der Waals surface area contributed by atoms with Crippen molar-refractivity contribution >= 4 is 17.2 Å². The number of nitrogens with zero attached hydrogens (tertiary/aromatic N) is 1. The van der Waals surface area contributed by atoms with Gasteiger partial charge in [0.15, 0.2) is 0 Å². The average molecular weight is 241 g/mol. The van der Waals surface area contributed by atoms with Gasteiger partial charge in [0.1, 0.15) is 0 Å². The average Bonchev–Trinajstić information content (AvgIpc) is 2.53. The number of thiazole rings is 1. The predicted molar refractivity (Wildman–Crippen MR) is 66.3 cm³/mol. The zero-order chi connectivity index (χ0) is 12.3. The summed E-state index contributed by atoms with van der Waals surface area (Å²) in [5, 5.41) is 3.92. The van der Waals surface area contributed by atoms with E-state index in [1.54, 1.807) is 11.3 Å². The maximum Gasteiger partial charge on any atom is 0.227 e. The van der Waals surface area contributed by atoms with Crippen LogP contribution in [0, 0.1) is 19.3 Å². The van der Waals surface area contributed by atoms with Gasteiger partial charge in [-0.05, 0) is 27.7 Å². The van der Waals surface area contributed by atoms with Crippen LogP contribution in [0.3, 0.4) is 0 Å². The van der Waals surface area contributed by atoms with Crippen LogP contribution in [0.15, 0.2) is 0 Å². The first-order valence-electron chi connectivity index (χ1n) is 5.28. The minimum Gasteiger partial charge on any atom is -0.351 e. The Hall–Kier alpha value is -0.940. The number of hydrogen-bond donors (Lipinski definition) is 2. The first kappa shape index (κ1) is 13.1. The van der Waals surface area contributed by atoms with Crippen LogP contribution in [0.5, 0.6) is 0 Å². The van der Waals surface area contributed by atoms with Gasteiger partial charge in [-0.3, -0.25) is 4.79 Å². The molecule has 0 aromatic carbocycles. The molecular weight excluding hydrogens is 222 g/mol. The highest BCUT2D eigenvalue weighted by molar-refractivity contribution is 7.11. The van der Waals surface area contributed by atoms with Gasteiger partial charge in [-0.2, -0.15) is 0 Å². The van der Waals surface area contributed by atoms with Crippen LogP contribution in [0.4, 0.5) is 0 Å². The van der Waals surface area contributed by atoms with Crippen molar-refractivity contribution in [1.82, 2.24) is 10.3 Å². The van der Waals surface area contributed by atoms with E-state index in [-0.39, 0.29) is 5.91 Å². The molecule has 0 saturated carbocycles. The molecule has 0 saturated heterocycles. The number of aryl methyl sites for hydroxylation is 2. The van der Waals surface area contributed by atoms with Gasteiger partial charge >= 0.3 is 0 Å². The lowest BCUT2D eigenvalue weighted by Crippen LogP contribution is -2.41. The minimum absolute atomic E-state index is 0.0135. The maximum absolute atomic E-state index is 11.8. The van der Waals surface area contributed by atoms with Crippen molar-refractivity contribution in [3.63, 3.8) is 0 Å². The number of rotatable bonds is 4. The molecule has 4 nitrogen and oxygen atoms in total. The summed E-state index contributed by atoms with van der Waals surface area (Å²) >= 11 is 1.62. The topological polar surface area (TPSA) is 68.0 Å². The van der Waals surface area contributed by atoms with E-state index in [0.29, 0.717) is 13.1 Å². The van der Waals surface area contributed by atoms with Crippen LogP contribution in [0.1, 0.15) is 29.4 Å². The summed E-state index contributed by atoms with van der Waals surface area (Å²) < 4.78 is 0. The fourth-order valence-corrected chi connectivity index (χ4v) is 2.11. The summed E-state index contributed by atoms with van der Waals surface area (Å²) in [6, 6.07) is 0. The SMILES string of the molecule is Cc1nc(C)c(CNC(=O)C(C)(C)CN)s1. The minimum atomic E-state index is -0.506. The number of amides is 1. The summed E-state index contributed by atoms with van der Waals surface area (Å²) in [6.45, 7) is 8.49. The van der Waals surface area contributed by atoms with E-state index in [9.17, 15) is 4.79 Å². The molecule has 0 aliphatic carbocycles. The van der Waals surface area contributed by atoms with Gasteiger partial charge in [-0.1, -0.05) is 0 Å². The van der Waals surface area contributed by atoms with Crippen LogP contribution >= 0.6 is 11.3 Å². The molecule has 0 aliphatic heterocycles. The predicted octanol–water partition coefficient (Wildman–Crippen LogP) is 1.36. The molecule has 0 bridgehead atoms. The molecule has 1 aromatic rings. The molecule has 16 heavy (non-hydrogen) atoms. The molecule has 90 valence electrons. The van der Waals surface area contributed by atoms with Crippen LogP contribution in [0.25, 0.3) is 0 Å². The summed E-state index contributed by atoms with van der Waals surface area (Å²) in [5.74, 6) is -0.0135. The summed E-state index contributed by atoms with van der Waals surface area (Å²) in [7, 11) is 0. The van der Waals surface area contributed by atoms with E-state index in [4.69, 9.17) is 5.73 Å².